The molecule has 1 saturated carbocycles. The number of morpholine rings is 1. The molecule has 1 N–H and O–H groups in total. The third-order valence-electron chi connectivity index (χ3n) is 4.43. The van der Waals surface area contributed by atoms with Crippen molar-refractivity contribution in [3.05, 3.63) is 0 Å². The zero-order valence-corrected chi connectivity index (χ0v) is 14.1. The fourth-order valence-electron chi connectivity index (χ4n) is 3.77. The average Bonchev–Trinajstić information content (AvgIpc) is 3.19. The Bertz CT molecular complexity index is 382. The summed E-state index contributed by atoms with van der Waals surface area (Å²) in [5, 5.41) is 3.44. The Morgan fingerprint density at radius 3 is 2.62 bits per heavy atom. The van der Waals surface area contributed by atoms with E-state index in [-0.39, 0.29) is 17.7 Å². The monoisotopic (exact) mass is 298 g/mol. The van der Waals surface area contributed by atoms with E-state index < -0.39 is 5.54 Å². The fourth-order valence-corrected chi connectivity index (χ4v) is 3.77. The van der Waals surface area contributed by atoms with Crippen LogP contribution in [-0.2, 0) is 14.3 Å². The molecule has 0 aromatic heterocycles. The van der Waals surface area contributed by atoms with Crippen molar-refractivity contribution in [2.24, 2.45) is 5.92 Å². The Labute approximate surface area is 128 Å². The Hall–Kier alpha value is -0.650. The summed E-state index contributed by atoms with van der Waals surface area (Å²) in [6.45, 7) is 11.5. The van der Waals surface area contributed by atoms with Gasteiger partial charge in [0.25, 0.3) is 0 Å². The minimum Gasteiger partial charge on any atom is -0.468 e. The van der Waals surface area contributed by atoms with Crippen molar-refractivity contribution >= 4 is 5.97 Å². The van der Waals surface area contributed by atoms with Crippen molar-refractivity contribution in [2.45, 2.75) is 57.8 Å². The lowest BCUT2D eigenvalue weighted by atomic mass is 9.90. The van der Waals surface area contributed by atoms with E-state index in [1.165, 1.54) is 7.11 Å². The molecular formula is C16H30N2O3. The first-order valence-corrected chi connectivity index (χ1v) is 8.06. The Balaban J connectivity index is 2.16. The molecule has 1 aliphatic heterocycles. The number of ether oxygens (including phenoxy) is 2. The molecule has 0 spiro atoms. The van der Waals surface area contributed by atoms with E-state index in [9.17, 15) is 4.79 Å². The Morgan fingerprint density at radius 1 is 1.48 bits per heavy atom. The maximum atomic E-state index is 12.5. The lowest BCUT2D eigenvalue weighted by molar-refractivity contribution is -0.157. The summed E-state index contributed by atoms with van der Waals surface area (Å²) < 4.78 is 11.1. The van der Waals surface area contributed by atoms with Gasteiger partial charge in [0, 0.05) is 19.6 Å². The zero-order valence-electron chi connectivity index (χ0n) is 14.1. The standard InChI is InChI=1S/C16H30N2O3/c1-6-17-16(13-7-8-13,14(19)20-5)11-18-9-12(2)21-15(3,4)10-18/h12-13,17H,6-11H2,1-5H3. The third-order valence-corrected chi connectivity index (χ3v) is 4.43. The van der Waals surface area contributed by atoms with Gasteiger partial charge in [0.15, 0.2) is 0 Å². The first-order chi connectivity index (χ1) is 9.83. The highest BCUT2D eigenvalue weighted by Crippen LogP contribution is 2.41. The third kappa shape index (κ3) is 3.76. The van der Waals surface area contributed by atoms with E-state index in [0.717, 1.165) is 32.5 Å². The molecule has 0 radical (unpaired) electrons. The second-order valence-electron chi connectivity index (χ2n) is 7.13. The van der Waals surface area contributed by atoms with Crippen molar-refractivity contribution in [2.75, 3.05) is 33.3 Å². The number of hydrogen-bond donors (Lipinski definition) is 1. The molecule has 122 valence electrons. The summed E-state index contributed by atoms with van der Waals surface area (Å²) in [6, 6.07) is 0. The number of hydrogen-bond acceptors (Lipinski definition) is 5. The van der Waals surface area contributed by atoms with Crippen molar-refractivity contribution < 1.29 is 14.3 Å². The molecule has 2 aliphatic rings. The molecule has 5 nitrogen and oxygen atoms in total. The summed E-state index contributed by atoms with van der Waals surface area (Å²) in [5.41, 5.74) is -0.730. The van der Waals surface area contributed by atoms with Crippen LogP contribution in [0.4, 0.5) is 0 Å². The molecule has 0 bridgehead atoms. The van der Waals surface area contributed by atoms with Crippen LogP contribution in [0.25, 0.3) is 0 Å². The molecule has 1 saturated heterocycles. The topological polar surface area (TPSA) is 50.8 Å². The van der Waals surface area contributed by atoms with Gasteiger partial charge in [-0.2, -0.15) is 0 Å². The maximum Gasteiger partial charge on any atom is 0.327 e. The van der Waals surface area contributed by atoms with Gasteiger partial charge >= 0.3 is 5.97 Å². The van der Waals surface area contributed by atoms with Crippen LogP contribution in [0.5, 0.6) is 0 Å². The number of nitrogens with one attached hydrogen (secondary N) is 1. The van der Waals surface area contributed by atoms with E-state index in [4.69, 9.17) is 9.47 Å². The molecule has 0 aromatic carbocycles. The first kappa shape index (κ1) is 16.7. The van der Waals surface area contributed by atoms with E-state index in [2.05, 4.69) is 31.0 Å². The van der Waals surface area contributed by atoms with Crippen molar-refractivity contribution in [1.29, 1.82) is 0 Å². The highest BCUT2D eigenvalue weighted by Gasteiger charge is 2.53. The minimum atomic E-state index is -0.559. The number of carbonyl (C=O) groups is 1. The number of likely N-dealkylation sites (N-methyl/N-ethyl adjacent to an activating group) is 1. The number of nitrogens with zero attached hydrogens (tertiary/aromatic N) is 1. The number of methoxy groups -OCH3 is 1. The largest absolute Gasteiger partial charge is 0.468 e. The van der Waals surface area contributed by atoms with Crippen LogP contribution in [0, 0.1) is 5.92 Å². The van der Waals surface area contributed by atoms with Gasteiger partial charge < -0.3 is 14.8 Å². The van der Waals surface area contributed by atoms with Crippen LogP contribution in [0.3, 0.4) is 0 Å². The van der Waals surface area contributed by atoms with Gasteiger partial charge in [0.1, 0.15) is 5.54 Å². The number of rotatable bonds is 6. The van der Waals surface area contributed by atoms with Crippen LogP contribution in [-0.4, -0.2) is 61.4 Å². The van der Waals surface area contributed by atoms with Gasteiger partial charge in [-0.15, -0.1) is 0 Å². The molecule has 1 aliphatic carbocycles. The maximum absolute atomic E-state index is 12.5. The van der Waals surface area contributed by atoms with Crippen LogP contribution in [0.15, 0.2) is 0 Å². The van der Waals surface area contributed by atoms with Gasteiger partial charge in [0.2, 0.25) is 0 Å². The summed E-state index contributed by atoms with van der Waals surface area (Å²) in [6.07, 6.45) is 2.39. The number of carbonyl (C=O) groups excluding carboxylic acids is 1. The van der Waals surface area contributed by atoms with E-state index in [1.807, 2.05) is 6.92 Å². The van der Waals surface area contributed by atoms with Crippen molar-refractivity contribution in [3.8, 4) is 0 Å². The zero-order chi connectivity index (χ0) is 15.7. The predicted molar refractivity (Wildman–Crippen MR) is 82.2 cm³/mol. The van der Waals surface area contributed by atoms with Crippen LogP contribution in [0.1, 0.15) is 40.5 Å². The van der Waals surface area contributed by atoms with Crippen LogP contribution in [0.2, 0.25) is 0 Å². The second-order valence-corrected chi connectivity index (χ2v) is 7.13. The van der Waals surface area contributed by atoms with E-state index in [1.54, 1.807) is 0 Å². The summed E-state index contributed by atoms with van der Waals surface area (Å²) in [7, 11) is 1.49. The Kier molecular flexibility index (Phi) is 4.96. The quantitative estimate of drug-likeness (QED) is 0.752. The molecule has 2 unspecified atom stereocenters. The smallest absolute Gasteiger partial charge is 0.327 e. The van der Waals surface area contributed by atoms with Crippen LogP contribution < -0.4 is 5.32 Å². The fraction of sp³-hybridized carbons (Fsp3) is 0.938. The molecular weight excluding hydrogens is 268 g/mol. The average molecular weight is 298 g/mol. The van der Waals surface area contributed by atoms with Crippen molar-refractivity contribution in [3.63, 3.8) is 0 Å². The van der Waals surface area contributed by atoms with Gasteiger partial charge in [-0.25, -0.2) is 4.79 Å². The molecule has 0 aromatic rings. The second kappa shape index (κ2) is 6.23. The summed E-state index contributed by atoms with van der Waals surface area (Å²) >= 11 is 0. The molecule has 21 heavy (non-hydrogen) atoms. The minimum absolute atomic E-state index is 0.121. The highest BCUT2D eigenvalue weighted by atomic mass is 16.5. The molecule has 2 rings (SSSR count). The van der Waals surface area contributed by atoms with Gasteiger partial charge in [0.05, 0.1) is 18.8 Å². The lowest BCUT2D eigenvalue weighted by Gasteiger charge is -2.45. The van der Waals surface area contributed by atoms with Crippen LogP contribution >= 0.6 is 0 Å². The van der Waals surface area contributed by atoms with E-state index in [0.29, 0.717) is 12.5 Å². The molecule has 5 heteroatoms. The highest BCUT2D eigenvalue weighted by molar-refractivity contribution is 5.82. The van der Waals surface area contributed by atoms with E-state index >= 15 is 0 Å². The summed E-state index contributed by atoms with van der Waals surface area (Å²) in [5.74, 6) is 0.273. The molecule has 2 atom stereocenters. The SMILES string of the molecule is CCNC(CN1CC(C)OC(C)(C)C1)(C(=O)OC)C1CC1. The Morgan fingerprint density at radius 2 is 2.14 bits per heavy atom. The van der Waals surface area contributed by atoms with Gasteiger partial charge in [-0.1, -0.05) is 6.92 Å². The summed E-state index contributed by atoms with van der Waals surface area (Å²) in [4.78, 5) is 14.8. The molecule has 1 heterocycles. The van der Waals surface area contributed by atoms with Gasteiger partial charge in [-0.3, -0.25) is 4.90 Å². The first-order valence-electron chi connectivity index (χ1n) is 8.06. The van der Waals surface area contributed by atoms with Gasteiger partial charge in [-0.05, 0) is 46.1 Å². The van der Waals surface area contributed by atoms with Crippen molar-refractivity contribution in [1.82, 2.24) is 10.2 Å². The lowest BCUT2D eigenvalue weighted by Crippen LogP contribution is -2.64. The normalized spacial score (nSPS) is 28.9. The molecule has 2 fully saturated rings. The molecule has 0 amide bonds. The predicted octanol–water partition coefficient (Wildman–Crippen LogP) is 1.42. The number of esters is 1.